The predicted octanol–water partition coefficient (Wildman–Crippen LogP) is 2.33. The van der Waals surface area contributed by atoms with Crippen LogP contribution in [0.4, 0.5) is 20.6 Å². The number of urea groups is 1. The first-order chi connectivity index (χ1) is 11.4. The Morgan fingerprint density at radius 1 is 1.42 bits per heavy atom. The molecule has 3 N–H and O–H groups in total. The van der Waals surface area contributed by atoms with Crippen molar-refractivity contribution in [2.75, 3.05) is 29.9 Å². The summed E-state index contributed by atoms with van der Waals surface area (Å²) in [6.07, 6.45) is 0.559. The van der Waals surface area contributed by atoms with Crippen LogP contribution in [0.25, 0.3) is 0 Å². The molecule has 1 heterocycles. The van der Waals surface area contributed by atoms with Crippen molar-refractivity contribution in [2.24, 2.45) is 0 Å². The van der Waals surface area contributed by atoms with Crippen LogP contribution in [0.5, 0.6) is 0 Å². The van der Waals surface area contributed by atoms with E-state index in [0.29, 0.717) is 30.9 Å². The van der Waals surface area contributed by atoms with Crippen LogP contribution in [0, 0.1) is 5.82 Å². The molecule has 2 rings (SSSR count). The van der Waals surface area contributed by atoms with Gasteiger partial charge in [0.1, 0.15) is 5.82 Å². The average Bonchev–Trinajstić information content (AvgIpc) is 2.46. The van der Waals surface area contributed by atoms with Gasteiger partial charge in [0.15, 0.2) is 0 Å². The van der Waals surface area contributed by atoms with E-state index in [0.717, 1.165) is 0 Å². The maximum atomic E-state index is 14.4. The maximum Gasteiger partial charge on any atom is 0.319 e. The topological polar surface area (TPSA) is 73.8 Å². The lowest BCUT2D eigenvalue weighted by Gasteiger charge is -2.37. The normalized spacial score (nSPS) is 22.1. The van der Waals surface area contributed by atoms with Gasteiger partial charge in [0, 0.05) is 31.4 Å². The van der Waals surface area contributed by atoms with Crippen LogP contribution in [0.1, 0.15) is 27.2 Å². The van der Waals surface area contributed by atoms with Crippen molar-refractivity contribution < 1.29 is 19.0 Å². The van der Waals surface area contributed by atoms with E-state index in [1.807, 2.05) is 18.7 Å². The average molecular weight is 339 g/mol. The van der Waals surface area contributed by atoms with Crippen molar-refractivity contribution in [2.45, 2.75) is 45.4 Å². The number of carbonyl (C=O) groups is 1. The second kappa shape index (κ2) is 8.30. The van der Waals surface area contributed by atoms with E-state index in [4.69, 9.17) is 9.84 Å². The van der Waals surface area contributed by atoms with Gasteiger partial charge in [-0.15, -0.1) is 0 Å². The van der Waals surface area contributed by atoms with Crippen LogP contribution >= 0.6 is 0 Å². The minimum absolute atomic E-state index is 0.00116. The first kappa shape index (κ1) is 18.5. The van der Waals surface area contributed by atoms with E-state index in [-0.39, 0.29) is 30.7 Å². The summed E-state index contributed by atoms with van der Waals surface area (Å²) in [5.41, 5.74) is 0.899. The Morgan fingerprint density at radius 2 is 2.08 bits per heavy atom. The molecule has 0 spiro atoms. The van der Waals surface area contributed by atoms with Gasteiger partial charge in [0.2, 0.25) is 0 Å². The fraction of sp³-hybridized carbons (Fsp3) is 0.588. The molecule has 6 nitrogen and oxygen atoms in total. The zero-order valence-electron chi connectivity index (χ0n) is 14.4. The number of nitrogens with zero attached hydrogens (tertiary/aromatic N) is 1. The van der Waals surface area contributed by atoms with Crippen molar-refractivity contribution in [1.29, 1.82) is 0 Å². The fourth-order valence-electron chi connectivity index (χ4n) is 2.87. The summed E-state index contributed by atoms with van der Waals surface area (Å²) in [5, 5.41) is 14.1. The highest BCUT2D eigenvalue weighted by Crippen LogP contribution is 2.26. The highest BCUT2D eigenvalue weighted by atomic mass is 19.1. The van der Waals surface area contributed by atoms with E-state index in [2.05, 4.69) is 10.6 Å². The van der Waals surface area contributed by atoms with Gasteiger partial charge in [0.25, 0.3) is 0 Å². The number of benzene rings is 1. The minimum Gasteiger partial charge on any atom is -0.396 e. The summed E-state index contributed by atoms with van der Waals surface area (Å²) in [4.78, 5) is 13.8. The molecule has 1 aromatic rings. The molecule has 1 aromatic carbocycles. The molecular formula is C17H26FN3O3. The molecule has 1 aliphatic heterocycles. The maximum absolute atomic E-state index is 14.4. The van der Waals surface area contributed by atoms with Gasteiger partial charge in [0.05, 0.1) is 17.9 Å². The van der Waals surface area contributed by atoms with Crippen LogP contribution in [0.3, 0.4) is 0 Å². The largest absolute Gasteiger partial charge is 0.396 e. The molecule has 0 saturated carbocycles. The van der Waals surface area contributed by atoms with Gasteiger partial charge in [-0.2, -0.15) is 0 Å². The van der Waals surface area contributed by atoms with Gasteiger partial charge in [-0.3, -0.25) is 0 Å². The van der Waals surface area contributed by atoms with Crippen LogP contribution in [0.15, 0.2) is 18.2 Å². The number of hydrogen-bond acceptors (Lipinski definition) is 4. The Hall–Kier alpha value is -1.86. The Morgan fingerprint density at radius 3 is 2.67 bits per heavy atom. The summed E-state index contributed by atoms with van der Waals surface area (Å²) < 4.78 is 20.1. The number of aliphatic hydroxyl groups excluding tert-OH is 1. The highest BCUT2D eigenvalue weighted by molar-refractivity contribution is 5.89. The number of aliphatic hydroxyl groups is 1. The molecule has 0 bridgehead atoms. The van der Waals surface area contributed by atoms with Crippen molar-refractivity contribution in [3.63, 3.8) is 0 Å². The molecule has 0 aliphatic carbocycles. The number of rotatable bonds is 5. The monoisotopic (exact) mass is 339 g/mol. The number of hydrogen-bond donors (Lipinski definition) is 3. The van der Waals surface area contributed by atoms with Crippen molar-refractivity contribution in [3.8, 4) is 0 Å². The van der Waals surface area contributed by atoms with Gasteiger partial charge in [-0.25, -0.2) is 9.18 Å². The smallest absolute Gasteiger partial charge is 0.319 e. The highest BCUT2D eigenvalue weighted by Gasteiger charge is 2.24. The number of ether oxygens (including phenoxy) is 1. The molecule has 0 radical (unpaired) electrons. The van der Waals surface area contributed by atoms with Crippen LogP contribution in [0.2, 0.25) is 0 Å². The SMILES string of the molecule is CC(CCO)NC(=O)Nc1ccc(N2CC(C)OC(C)C2)c(F)c1. The number of amides is 2. The van der Waals surface area contributed by atoms with Gasteiger partial charge < -0.3 is 25.4 Å². The lowest BCUT2D eigenvalue weighted by atomic mass is 10.2. The van der Waals surface area contributed by atoms with E-state index in [1.165, 1.54) is 6.07 Å². The molecule has 3 unspecified atom stereocenters. The second-order valence-corrected chi connectivity index (χ2v) is 6.34. The summed E-state index contributed by atoms with van der Waals surface area (Å²) in [5.74, 6) is -0.377. The zero-order valence-corrected chi connectivity index (χ0v) is 14.4. The van der Waals surface area contributed by atoms with E-state index >= 15 is 0 Å². The number of anilines is 2. The molecule has 1 saturated heterocycles. The van der Waals surface area contributed by atoms with Gasteiger partial charge in [-0.1, -0.05) is 0 Å². The van der Waals surface area contributed by atoms with E-state index in [9.17, 15) is 9.18 Å². The molecule has 1 aliphatic rings. The second-order valence-electron chi connectivity index (χ2n) is 6.34. The van der Waals surface area contributed by atoms with Gasteiger partial charge >= 0.3 is 6.03 Å². The third kappa shape index (κ3) is 5.07. The number of carbonyl (C=O) groups excluding carboxylic acids is 1. The molecule has 1 fully saturated rings. The lowest BCUT2D eigenvalue weighted by Crippen LogP contribution is -2.45. The molecule has 24 heavy (non-hydrogen) atoms. The Bertz CT molecular complexity index is 560. The number of morpholine rings is 1. The predicted molar refractivity (Wildman–Crippen MR) is 91.9 cm³/mol. The molecule has 0 aromatic heterocycles. The summed E-state index contributed by atoms with van der Waals surface area (Å²) in [6.45, 7) is 6.99. The first-order valence-electron chi connectivity index (χ1n) is 8.27. The van der Waals surface area contributed by atoms with Crippen LogP contribution in [-0.4, -0.2) is 49.1 Å². The number of nitrogens with one attached hydrogen (secondary N) is 2. The molecule has 7 heteroatoms. The van der Waals surface area contributed by atoms with Crippen molar-refractivity contribution in [1.82, 2.24) is 5.32 Å². The molecular weight excluding hydrogens is 313 g/mol. The van der Waals surface area contributed by atoms with Crippen LogP contribution in [-0.2, 0) is 4.74 Å². The van der Waals surface area contributed by atoms with Crippen molar-refractivity contribution in [3.05, 3.63) is 24.0 Å². The van der Waals surface area contributed by atoms with Crippen molar-refractivity contribution >= 4 is 17.4 Å². The minimum atomic E-state index is -0.420. The number of halogens is 1. The van der Waals surface area contributed by atoms with E-state index < -0.39 is 6.03 Å². The fourth-order valence-corrected chi connectivity index (χ4v) is 2.87. The molecule has 134 valence electrons. The zero-order chi connectivity index (χ0) is 17.7. The molecule has 2 amide bonds. The Kier molecular flexibility index (Phi) is 6.39. The van der Waals surface area contributed by atoms with E-state index in [1.54, 1.807) is 19.1 Å². The molecule has 3 atom stereocenters. The third-order valence-corrected chi connectivity index (χ3v) is 3.91. The third-order valence-electron chi connectivity index (χ3n) is 3.91. The quantitative estimate of drug-likeness (QED) is 0.770. The van der Waals surface area contributed by atoms with Crippen LogP contribution < -0.4 is 15.5 Å². The lowest BCUT2D eigenvalue weighted by molar-refractivity contribution is -0.00539. The summed E-state index contributed by atoms with van der Waals surface area (Å²) in [6, 6.07) is 4.09. The first-order valence-corrected chi connectivity index (χ1v) is 8.27. The Labute approximate surface area is 142 Å². The summed E-state index contributed by atoms with van der Waals surface area (Å²) in [7, 11) is 0. The Balaban J connectivity index is 2.00. The summed E-state index contributed by atoms with van der Waals surface area (Å²) >= 11 is 0. The van der Waals surface area contributed by atoms with Gasteiger partial charge in [-0.05, 0) is 45.4 Å². The standard InChI is InChI=1S/C17H26FN3O3/c1-11(6-7-22)19-17(23)20-14-4-5-16(15(18)8-14)21-9-12(2)24-13(3)10-21/h4-5,8,11-13,22H,6-7,9-10H2,1-3H3,(H2,19,20,23).